The molecule has 0 atom stereocenters. The minimum atomic E-state index is -3.87. The fourth-order valence-corrected chi connectivity index (χ4v) is 5.19. The lowest BCUT2D eigenvalue weighted by Gasteiger charge is -2.24. The van der Waals surface area contributed by atoms with E-state index in [2.05, 4.69) is 31.1 Å². The molecule has 31 heavy (non-hydrogen) atoms. The molecule has 0 aliphatic heterocycles. The largest absolute Gasteiger partial charge is 0.457 e. The van der Waals surface area contributed by atoms with Gasteiger partial charge in [0.1, 0.15) is 23.7 Å². The van der Waals surface area contributed by atoms with Gasteiger partial charge in [-0.1, -0.05) is 34.1 Å². The van der Waals surface area contributed by atoms with Crippen LogP contribution in [0.1, 0.15) is 11.4 Å². The van der Waals surface area contributed by atoms with Gasteiger partial charge in [-0.2, -0.15) is 5.10 Å². The Morgan fingerprint density at radius 2 is 1.71 bits per heavy atom. The summed E-state index contributed by atoms with van der Waals surface area (Å²) in [6.07, 6.45) is 1.35. The molecule has 0 bridgehead atoms. The standard InChI is InChI=1S/C22H19BrN4O3S/c1-16-13-17(23)7-12-21(16)31(28,29)27(14-22-24-15-25-26-22)18-8-10-20(11-9-18)30-19-5-3-2-4-6-19/h2-13,15H,14H2,1H3,(H,24,25,26). The molecule has 1 N–H and O–H groups in total. The Bertz CT molecular complexity index is 1260. The minimum Gasteiger partial charge on any atom is -0.457 e. The number of halogens is 1. The van der Waals surface area contributed by atoms with Gasteiger partial charge in [0.05, 0.1) is 17.1 Å². The second-order valence-corrected chi connectivity index (χ2v) is 9.51. The summed E-state index contributed by atoms with van der Waals surface area (Å²) >= 11 is 3.38. The van der Waals surface area contributed by atoms with Crippen molar-refractivity contribution in [3.05, 3.63) is 95.0 Å². The second kappa shape index (κ2) is 8.91. The van der Waals surface area contributed by atoms with Gasteiger partial charge in [0.25, 0.3) is 10.0 Å². The number of nitrogens with one attached hydrogen (secondary N) is 1. The molecule has 1 heterocycles. The maximum atomic E-state index is 13.6. The number of benzene rings is 3. The van der Waals surface area contributed by atoms with Crippen LogP contribution in [-0.4, -0.2) is 23.6 Å². The molecule has 158 valence electrons. The predicted octanol–water partition coefficient (Wildman–Crippen LogP) is 5.06. The number of nitrogens with zero attached hydrogens (tertiary/aromatic N) is 3. The van der Waals surface area contributed by atoms with Crippen LogP contribution >= 0.6 is 15.9 Å². The number of anilines is 1. The third kappa shape index (κ3) is 4.78. The van der Waals surface area contributed by atoms with Crippen molar-refractivity contribution in [1.29, 1.82) is 0 Å². The van der Waals surface area contributed by atoms with Crippen molar-refractivity contribution in [3.63, 3.8) is 0 Å². The molecule has 0 saturated carbocycles. The average Bonchev–Trinajstić information content (AvgIpc) is 3.26. The molecule has 4 rings (SSSR count). The third-order valence-corrected chi connectivity index (χ3v) is 6.99. The number of para-hydroxylation sites is 1. The Labute approximate surface area is 188 Å². The van der Waals surface area contributed by atoms with E-state index in [0.29, 0.717) is 28.6 Å². The highest BCUT2D eigenvalue weighted by molar-refractivity contribution is 9.10. The van der Waals surface area contributed by atoms with Crippen LogP contribution in [0.3, 0.4) is 0 Å². The van der Waals surface area contributed by atoms with E-state index in [9.17, 15) is 8.42 Å². The first-order valence-corrected chi connectivity index (χ1v) is 11.6. The van der Waals surface area contributed by atoms with Crippen LogP contribution in [0.4, 0.5) is 5.69 Å². The number of H-pyrrole nitrogens is 1. The topological polar surface area (TPSA) is 88.2 Å². The number of aryl methyl sites for hydroxylation is 1. The molecule has 4 aromatic rings. The Balaban J connectivity index is 1.69. The lowest BCUT2D eigenvalue weighted by atomic mass is 10.2. The number of aromatic nitrogens is 3. The summed E-state index contributed by atoms with van der Waals surface area (Å²) in [6.45, 7) is 1.78. The van der Waals surface area contributed by atoms with Crippen LogP contribution in [0.25, 0.3) is 0 Å². The summed E-state index contributed by atoms with van der Waals surface area (Å²) in [5.74, 6) is 1.74. The van der Waals surface area contributed by atoms with Gasteiger partial charge in [0, 0.05) is 4.47 Å². The van der Waals surface area contributed by atoms with Crippen molar-refractivity contribution in [2.24, 2.45) is 0 Å². The van der Waals surface area contributed by atoms with Crippen molar-refractivity contribution in [2.75, 3.05) is 4.31 Å². The molecule has 0 amide bonds. The Kier molecular flexibility index (Phi) is 6.06. The maximum absolute atomic E-state index is 13.6. The van der Waals surface area contributed by atoms with Crippen molar-refractivity contribution in [3.8, 4) is 11.5 Å². The van der Waals surface area contributed by atoms with Gasteiger partial charge in [0.15, 0.2) is 0 Å². The van der Waals surface area contributed by atoms with Gasteiger partial charge in [-0.3, -0.25) is 9.40 Å². The van der Waals surface area contributed by atoms with Crippen LogP contribution in [0.2, 0.25) is 0 Å². The number of rotatable bonds is 7. The van der Waals surface area contributed by atoms with E-state index in [0.717, 1.165) is 4.47 Å². The summed E-state index contributed by atoms with van der Waals surface area (Å²) in [5, 5.41) is 6.56. The molecule has 3 aromatic carbocycles. The normalized spacial score (nSPS) is 11.3. The molecule has 0 saturated heterocycles. The zero-order chi connectivity index (χ0) is 21.8. The van der Waals surface area contributed by atoms with E-state index in [1.807, 2.05) is 30.3 Å². The van der Waals surface area contributed by atoms with Gasteiger partial charge in [-0.05, 0) is 67.1 Å². The van der Waals surface area contributed by atoms with Crippen molar-refractivity contribution in [2.45, 2.75) is 18.4 Å². The number of sulfonamides is 1. The first-order valence-electron chi connectivity index (χ1n) is 9.39. The monoisotopic (exact) mass is 498 g/mol. The zero-order valence-corrected chi connectivity index (χ0v) is 19.0. The Morgan fingerprint density at radius 1 is 1.00 bits per heavy atom. The minimum absolute atomic E-state index is 0.0106. The average molecular weight is 499 g/mol. The Hall–Kier alpha value is -3.17. The molecular weight excluding hydrogens is 480 g/mol. The summed E-state index contributed by atoms with van der Waals surface area (Å²) in [5.41, 5.74) is 1.13. The van der Waals surface area contributed by atoms with Crippen molar-refractivity contribution in [1.82, 2.24) is 15.2 Å². The van der Waals surface area contributed by atoms with E-state index in [-0.39, 0.29) is 11.4 Å². The third-order valence-electron chi connectivity index (χ3n) is 4.57. The summed E-state index contributed by atoms with van der Waals surface area (Å²) in [4.78, 5) is 4.32. The fourth-order valence-electron chi connectivity index (χ4n) is 3.08. The first-order chi connectivity index (χ1) is 14.9. The second-order valence-electron chi connectivity index (χ2n) is 6.76. The van der Waals surface area contributed by atoms with E-state index < -0.39 is 10.0 Å². The first kappa shape index (κ1) is 21.1. The van der Waals surface area contributed by atoms with E-state index in [1.54, 1.807) is 49.4 Å². The van der Waals surface area contributed by atoms with E-state index in [4.69, 9.17) is 4.74 Å². The van der Waals surface area contributed by atoms with Crippen LogP contribution in [-0.2, 0) is 16.6 Å². The maximum Gasteiger partial charge on any atom is 0.264 e. The molecule has 0 spiro atoms. The highest BCUT2D eigenvalue weighted by Gasteiger charge is 2.27. The van der Waals surface area contributed by atoms with Gasteiger partial charge in [-0.25, -0.2) is 13.4 Å². The lowest BCUT2D eigenvalue weighted by Crippen LogP contribution is -2.31. The number of aromatic amines is 1. The highest BCUT2D eigenvalue weighted by Crippen LogP contribution is 2.31. The summed E-state index contributed by atoms with van der Waals surface area (Å²) in [6, 6.07) is 21.3. The molecular formula is C22H19BrN4O3S. The van der Waals surface area contributed by atoms with E-state index >= 15 is 0 Å². The van der Waals surface area contributed by atoms with Crippen molar-refractivity contribution < 1.29 is 13.2 Å². The van der Waals surface area contributed by atoms with E-state index in [1.165, 1.54) is 10.6 Å². The molecule has 1 aromatic heterocycles. The van der Waals surface area contributed by atoms with Gasteiger partial charge in [0.2, 0.25) is 0 Å². The number of hydrogen-bond donors (Lipinski definition) is 1. The van der Waals surface area contributed by atoms with Gasteiger partial charge >= 0.3 is 0 Å². The molecule has 9 heteroatoms. The molecule has 0 unspecified atom stereocenters. The predicted molar refractivity (Wildman–Crippen MR) is 122 cm³/mol. The number of hydrogen-bond acceptors (Lipinski definition) is 5. The zero-order valence-electron chi connectivity index (χ0n) is 16.6. The van der Waals surface area contributed by atoms with Crippen LogP contribution < -0.4 is 9.04 Å². The molecule has 0 aliphatic rings. The molecule has 7 nitrogen and oxygen atoms in total. The quantitative estimate of drug-likeness (QED) is 0.384. The van der Waals surface area contributed by atoms with Crippen LogP contribution in [0, 0.1) is 6.92 Å². The van der Waals surface area contributed by atoms with Gasteiger partial charge in [-0.15, -0.1) is 0 Å². The lowest BCUT2D eigenvalue weighted by molar-refractivity contribution is 0.482. The molecule has 0 radical (unpaired) electrons. The number of ether oxygens (including phenoxy) is 1. The SMILES string of the molecule is Cc1cc(Br)ccc1S(=O)(=O)N(Cc1ncn[nH]1)c1ccc(Oc2ccccc2)cc1. The fraction of sp³-hybridized carbons (Fsp3) is 0.0909. The van der Waals surface area contributed by atoms with Crippen LogP contribution in [0.5, 0.6) is 11.5 Å². The molecule has 0 fully saturated rings. The molecule has 0 aliphatic carbocycles. The van der Waals surface area contributed by atoms with Gasteiger partial charge < -0.3 is 4.74 Å². The Morgan fingerprint density at radius 3 is 2.35 bits per heavy atom. The summed E-state index contributed by atoms with van der Waals surface area (Å²) < 4.78 is 35.1. The van der Waals surface area contributed by atoms with Crippen molar-refractivity contribution >= 4 is 31.6 Å². The smallest absolute Gasteiger partial charge is 0.264 e. The summed E-state index contributed by atoms with van der Waals surface area (Å²) in [7, 11) is -3.87. The van der Waals surface area contributed by atoms with Crippen LogP contribution in [0.15, 0.2) is 88.5 Å². The highest BCUT2D eigenvalue weighted by atomic mass is 79.9.